The van der Waals surface area contributed by atoms with Gasteiger partial charge in [0.1, 0.15) is 11.6 Å². The molecule has 1 atom stereocenters. The van der Waals surface area contributed by atoms with Crippen LogP contribution in [0, 0.1) is 5.82 Å². The summed E-state index contributed by atoms with van der Waals surface area (Å²) >= 11 is 1.38. The van der Waals surface area contributed by atoms with Gasteiger partial charge in [-0.15, -0.1) is 11.8 Å². The first-order valence-electron chi connectivity index (χ1n) is 7.83. The Bertz CT molecular complexity index is 972. The van der Waals surface area contributed by atoms with Crippen molar-refractivity contribution in [1.29, 1.82) is 0 Å². The normalized spacial score (nSPS) is 12.5. The lowest BCUT2D eigenvalue weighted by Gasteiger charge is -2.17. The van der Waals surface area contributed by atoms with E-state index in [9.17, 15) is 9.18 Å². The topological polar surface area (TPSA) is 81.1 Å². The monoisotopic (exact) mass is 359 g/mol. The zero-order valence-electron chi connectivity index (χ0n) is 13.6. The average Bonchev–Trinajstić information content (AvgIpc) is 2.59. The number of aliphatic hydroxyl groups is 1. The molecule has 1 unspecified atom stereocenters. The van der Waals surface area contributed by atoms with E-state index in [0.29, 0.717) is 28.2 Å². The highest BCUT2D eigenvalue weighted by Crippen LogP contribution is 2.26. The maximum absolute atomic E-state index is 13.7. The highest BCUT2D eigenvalue weighted by Gasteiger charge is 2.18. The number of hydrogen-bond donors (Lipinski definition) is 2. The molecule has 1 heterocycles. The van der Waals surface area contributed by atoms with Gasteiger partial charge in [0.05, 0.1) is 29.2 Å². The predicted octanol–water partition coefficient (Wildman–Crippen LogP) is 2.63. The summed E-state index contributed by atoms with van der Waals surface area (Å²) in [6, 6.07) is 10.7. The Morgan fingerprint density at radius 1 is 1.32 bits per heavy atom. The van der Waals surface area contributed by atoms with Gasteiger partial charge in [0.15, 0.2) is 0 Å². The highest BCUT2D eigenvalue weighted by molar-refractivity contribution is 7.99. The summed E-state index contributed by atoms with van der Waals surface area (Å²) in [5, 5.41) is 9.51. The molecule has 0 spiro atoms. The van der Waals surface area contributed by atoms with Gasteiger partial charge in [-0.25, -0.2) is 9.37 Å². The van der Waals surface area contributed by atoms with E-state index >= 15 is 0 Å². The Morgan fingerprint density at radius 2 is 2.08 bits per heavy atom. The summed E-state index contributed by atoms with van der Waals surface area (Å²) in [4.78, 5) is 18.5. The summed E-state index contributed by atoms with van der Waals surface area (Å²) in [6.07, 6.45) is 0. The number of nitrogens with zero attached hydrogens (tertiary/aromatic N) is 2. The van der Waals surface area contributed by atoms with Gasteiger partial charge in [-0.1, -0.05) is 12.1 Å². The maximum Gasteiger partial charge on any atom is 0.267 e. The first-order valence-corrected chi connectivity index (χ1v) is 8.82. The van der Waals surface area contributed by atoms with Crippen molar-refractivity contribution < 1.29 is 9.50 Å². The molecule has 1 aromatic heterocycles. The van der Waals surface area contributed by atoms with Crippen LogP contribution in [0.4, 0.5) is 4.39 Å². The molecule has 0 fully saturated rings. The first kappa shape index (κ1) is 17.6. The molecule has 0 aliphatic heterocycles. The number of hydrogen-bond acceptors (Lipinski definition) is 5. The van der Waals surface area contributed by atoms with Gasteiger partial charge in [-0.05, 0) is 37.3 Å². The molecular weight excluding hydrogens is 341 g/mol. The lowest BCUT2D eigenvalue weighted by molar-refractivity contribution is 0.322. The minimum Gasteiger partial charge on any atom is -0.396 e. The van der Waals surface area contributed by atoms with Gasteiger partial charge in [0.2, 0.25) is 0 Å². The van der Waals surface area contributed by atoms with Crippen molar-refractivity contribution in [2.75, 3.05) is 12.4 Å². The van der Waals surface area contributed by atoms with Crippen molar-refractivity contribution in [2.24, 2.45) is 5.73 Å². The van der Waals surface area contributed by atoms with Crippen LogP contribution in [-0.2, 0) is 0 Å². The van der Waals surface area contributed by atoms with Gasteiger partial charge in [-0.3, -0.25) is 9.36 Å². The molecule has 3 aromatic rings. The molecule has 5 nitrogen and oxygen atoms in total. The molecule has 3 rings (SSSR count). The highest BCUT2D eigenvalue weighted by atomic mass is 32.2. The zero-order valence-corrected chi connectivity index (χ0v) is 14.5. The predicted molar refractivity (Wildman–Crippen MR) is 97.7 cm³/mol. The Hall–Kier alpha value is -2.22. The minimum atomic E-state index is -0.505. The second-order valence-corrected chi connectivity index (χ2v) is 6.74. The molecule has 0 radical (unpaired) electrons. The van der Waals surface area contributed by atoms with E-state index in [1.165, 1.54) is 28.5 Å². The van der Waals surface area contributed by atoms with Gasteiger partial charge in [0.25, 0.3) is 5.56 Å². The van der Waals surface area contributed by atoms with Gasteiger partial charge in [-0.2, -0.15) is 0 Å². The summed E-state index contributed by atoms with van der Waals surface area (Å²) in [6.45, 7) is 1.73. The van der Waals surface area contributed by atoms with Crippen LogP contribution in [0.2, 0.25) is 0 Å². The van der Waals surface area contributed by atoms with Crippen LogP contribution in [-0.4, -0.2) is 27.0 Å². The first-order chi connectivity index (χ1) is 12.0. The van der Waals surface area contributed by atoms with Crippen molar-refractivity contribution in [1.82, 2.24) is 9.55 Å². The lowest BCUT2D eigenvalue weighted by Crippen LogP contribution is -2.27. The van der Waals surface area contributed by atoms with Crippen molar-refractivity contribution in [3.8, 4) is 5.69 Å². The third-order valence-corrected chi connectivity index (χ3v) is 4.75. The van der Waals surface area contributed by atoms with Gasteiger partial charge >= 0.3 is 0 Å². The van der Waals surface area contributed by atoms with E-state index in [1.54, 1.807) is 25.1 Å². The quantitative estimate of drug-likeness (QED) is 0.685. The minimum absolute atomic E-state index is 0.00445. The molecular formula is C18H18FN3O2S. The average molecular weight is 359 g/mol. The van der Waals surface area contributed by atoms with Crippen molar-refractivity contribution in [2.45, 2.75) is 17.9 Å². The molecule has 0 amide bonds. The van der Waals surface area contributed by atoms with E-state index in [0.717, 1.165) is 4.90 Å². The lowest BCUT2D eigenvalue weighted by atomic mass is 10.2. The Labute approximate surface area is 148 Å². The molecule has 0 aliphatic rings. The molecule has 130 valence electrons. The van der Waals surface area contributed by atoms with Crippen LogP contribution in [0.5, 0.6) is 0 Å². The largest absolute Gasteiger partial charge is 0.396 e. The SMILES string of the molecule is CC(N)c1nc2cccc(SCCO)c2c(=O)n1-c1cccc(F)c1. The zero-order chi connectivity index (χ0) is 18.0. The molecule has 0 saturated carbocycles. The molecule has 0 saturated heterocycles. The number of thioether (sulfide) groups is 1. The fourth-order valence-corrected chi connectivity index (χ4v) is 3.49. The number of aliphatic hydroxyl groups excluding tert-OH is 1. The number of nitrogens with two attached hydrogens (primary N) is 1. The fraction of sp³-hybridized carbons (Fsp3) is 0.222. The third-order valence-electron chi connectivity index (χ3n) is 3.71. The van der Waals surface area contributed by atoms with Gasteiger partial charge in [0, 0.05) is 10.6 Å². The number of fused-ring (bicyclic) bond motifs is 1. The van der Waals surface area contributed by atoms with Gasteiger partial charge < -0.3 is 10.8 Å². The van der Waals surface area contributed by atoms with Crippen molar-refractivity contribution in [3.05, 3.63) is 64.5 Å². The van der Waals surface area contributed by atoms with E-state index in [1.807, 2.05) is 12.1 Å². The van der Waals surface area contributed by atoms with E-state index in [-0.39, 0.29) is 12.2 Å². The number of aromatic nitrogens is 2. The molecule has 25 heavy (non-hydrogen) atoms. The van der Waals surface area contributed by atoms with Crippen LogP contribution in [0.1, 0.15) is 18.8 Å². The summed E-state index contributed by atoms with van der Waals surface area (Å²) in [7, 11) is 0. The Balaban J connectivity index is 2.36. The van der Waals surface area contributed by atoms with Crippen LogP contribution in [0.15, 0.2) is 52.2 Å². The van der Waals surface area contributed by atoms with Crippen molar-refractivity contribution in [3.63, 3.8) is 0 Å². The van der Waals surface area contributed by atoms with E-state index in [4.69, 9.17) is 10.8 Å². The van der Waals surface area contributed by atoms with Crippen LogP contribution in [0.3, 0.4) is 0 Å². The smallest absolute Gasteiger partial charge is 0.267 e. The maximum atomic E-state index is 13.7. The number of halogens is 1. The van der Waals surface area contributed by atoms with Crippen LogP contribution >= 0.6 is 11.8 Å². The second-order valence-electron chi connectivity index (χ2n) is 5.60. The Morgan fingerprint density at radius 3 is 2.76 bits per heavy atom. The van der Waals surface area contributed by atoms with E-state index < -0.39 is 11.9 Å². The summed E-state index contributed by atoms with van der Waals surface area (Å²) < 4.78 is 15.0. The van der Waals surface area contributed by atoms with Crippen LogP contribution < -0.4 is 11.3 Å². The molecule has 0 aliphatic carbocycles. The third kappa shape index (κ3) is 3.44. The fourth-order valence-electron chi connectivity index (χ4n) is 2.66. The van der Waals surface area contributed by atoms with Crippen molar-refractivity contribution >= 4 is 22.7 Å². The standard InChI is InChI=1S/C18H18FN3O2S/c1-11(20)17-21-14-6-3-7-15(25-9-8-23)16(14)18(24)22(17)13-5-2-4-12(19)10-13/h2-7,10-11,23H,8-9,20H2,1H3. The number of rotatable bonds is 5. The van der Waals surface area contributed by atoms with Crippen LogP contribution in [0.25, 0.3) is 16.6 Å². The summed E-state index contributed by atoms with van der Waals surface area (Å²) in [5.41, 5.74) is 6.63. The molecule has 0 bridgehead atoms. The molecule has 7 heteroatoms. The summed E-state index contributed by atoms with van der Waals surface area (Å²) in [5.74, 6) is 0.392. The second kappa shape index (κ2) is 7.35. The molecule has 2 aromatic carbocycles. The number of benzene rings is 2. The van der Waals surface area contributed by atoms with E-state index in [2.05, 4.69) is 4.98 Å². The molecule has 3 N–H and O–H groups in total. The Kier molecular flexibility index (Phi) is 5.17.